The van der Waals surface area contributed by atoms with Crippen LogP contribution in [0.25, 0.3) is 0 Å². The van der Waals surface area contributed by atoms with Gasteiger partial charge >= 0.3 is 5.97 Å². The van der Waals surface area contributed by atoms with Crippen molar-refractivity contribution < 1.29 is 29.1 Å². The van der Waals surface area contributed by atoms with E-state index in [1.54, 1.807) is 6.07 Å². The van der Waals surface area contributed by atoms with Crippen LogP contribution in [0.15, 0.2) is 42.5 Å². The number of ether oxygens (including phenoxy) is 2. The van der Waals surface area contributed by atoms with E-state index in [2.05, 4.69) is 10.8 Å². The molecule has 6 rings (SSSR count). The zero-order valence-corrected chi connectivity index (χ0v) is 20.4. The summed E-state index contributed by atoms with van der Waals surface area (Å²) in [6, 6.07) is 12.4. The Hall–Kier alpha value is -3.39. The average molecular weight is 493 g/mol. The summed E-state index contributed by atoms with van der Waals surface area (Å²) in [4.78, 5) is 37.1. The Morgan fingerprint density at radius 2 is 1.58 bits per heavy atom. The van der Waals surface area contributed by atoms with Crippen molar-refractivity contribution in [1.82, 2.24) is 0 Å². The lowest BCUT2D eigenvalue weighted by molar-refractivity contribution is -0.124. The molecule has 0 aromatic heterocycles. The number of benzene rings is 2. The first kappa shape index (κ1) is 24.3. The van der Waals surface area contributed by atoms with E-state index in [1.165, 1.54) is 32.3 Å². The molecule has 36 heavy (non-hydrogen) atoms. The summed E-state index contributed by atoms with van der Waals surface area (Å²) in [6.45, 7) is 1.39. The second-order valence-electron chi connectivity index (χ2n) is 10.7. The standard InChI is InChI=1S/C28H32N2O6/c1-17(31)9-24(32)29-26-23(36-28-13-19-10-20(14-28)12-21(11-19)15-28)8-7-22(25(26)30-34)27(33)35-16-18-5-3-2-4-6-18/h2-8,19-21,30,34H,9-16H2,1H3,(H,29,32). The van der Waals surface area contributed by atoms with Crippen LogP contribution in [0.3, 0.4) is 0 Å². The van der Waals surface area contributed by atoms with Crippen LogP contribution in [0.4, 0.5) is 11.4 Å². The molecule has 0 heterocycles. The second-order valence-corrected chi connectivity index (χ2v) is 10.7. The predicted octanol–water partition coefficient (Wildman–Crippen LogP) is 5.11. The third-order valence-electron chi connectivity index (χ3n) is 7.69. The number of carbonyl (C=O) groups is 3. The highest BCUT2D eigenvalue weighted by atomic mass is 16.5. The van der Waals surface area contributed by atoms with Gasteiger partial charge in [0, 0.05) is 0 Å². The van der Waals surface area contributed by atoms with Gasteiger partial charge in [0.05, 0.1) is 12.0 Å². The summed E-state index contributed by atoms with van der Waals surface area (Å²) in [5.41, 5.74) is 2.73. The van der Waals surface area contributed by atoms with Gasteiger partial charge in [0.2, 0.25) is 5.91 Å². The minimum atomic E-state index is -0.668. The Labute approximate surface area is 210 Å². The molecular formula is C28H32N2O6. The Bertz CT molecular complexity index is 1130. The van der Waals surface area contributed by atoms with E-state index in [9.17, 15) is 19.6 Å². The van der Waals surface area contributed by atoms with E-state index in [0.717, 1.165) is 24.8 Å². The second kappa shape index (κ2) is 9.93. The molecular weight excluding hydrogens is 460 g/mol. The van der Waals surface area contributed by atoms with Crippen molar-refractivity contribution in [2.45, 2.75) is 64.1 Å². The number of esters is 1. The first-order chi connectivity index (χ1) is 17.3. The zero-order chi connectivity index (χ0) is 25.3. The van der Waals surface area contributed by atoms with Crippen LogP contribution >= 0.6 is 0 Å². The number of anilines is 2. The molecule has 8 heteroatoms. The number of amides is 1. The number of ketones is 1. The Balaban J connectivity index is 1.44. The quantitative estimate of drug-likeness (QED) is 0.253. The molecule has 4 fully saturated rings. The lowest BCUT2D eigenvalue weighted by Gasteiger charge is -2.56. The van der Waals surface area contributed by atoms with Gasteiger partial charge in [0.1, 0.15) is 35.1 Å². The number of nitrogens with one attached hydrogen (secondary N) is 2. The molecule has 0 unspecified atom stereocenters. The number of hydrogen-bond acceptors (Lipinski definition) is 7. The van der Waals surface area contributed by atoms with Crippen molar-refractivity contribution in [3.63, 3.8) is 0 Å². The highest BCUT2D eigenvalue weighted by molar-refractivity contribution is 6.08. The smallest absolute Gasteiger partial charge is 0.340 e. The lowest BCUT2D eigenvalue weighted by atomic mass is 9.54. The molecule has 8 nitrogen and oxygen atoms in total. The van der Waals surface area contributed by atoms with Crippen LogP contribution in [0, 0.1) is 17.8 Å². The van der Waals surface area contributed by atoms with E-state index < -0.39 is 11.9 Å². The van der Waals surface area contributed by atoms with Crippen molar-refractivity contribution >= 4 is 29.0 Å². The first-order valence-electron chi connectivity index (χ1n) is 12.6. The van der Waals surface area contributed by atoms with Crippen molar-refractivity contribution in [3.8, 4) is 5.75 Å². The minimum Gasteiger partial charge on any atom is -0.485 e. The van der Waals surface area contributed by atoms with E-state index >= 15 is 0 Å². The Morgan fingerprint density at radius 3 is 2.17 bits per heavy atom. The van der Waals surface area contributed by atoms with Gasteiger partial charge in [-0.25, -0.2) is 4.79 Å². The van der Waals surface area contributed by atoms with E-state index in [-0.39, 0.29) is 41.4 Å². The largest absolute Gasteiger partial charge is 0.485 e. The number of Topliss-reactive ketones (excluding diaryl/α,β-unsaturated/α-hetero) is 1. The molecule has 4 bridgehead atoms. The average Bonchev–Trinajstić information content (AvgIpc) is 2.82. The summed E-state index contributed by atoms with van der Waals surface area (Å²) in [5.74, 6) is 0.792. The van der Waals surface area contributed by atoms with Gasteiger partial charge in [-0.05, 0) is 80.9 Å². The molecule has 0 atom stereocenters. The van der Waals surface area contributed by atoms with Gasteiger partial charge < -0.3 is 14.8 Å². The zero-order valence-electron chi connectivity index (χ0n) is 20.4. The summed E-state index contributed by atoms with van der Waals surface area (Å²) >= 11 is 0. The highest BCUT2D eigenvalue weighted by Gasteiger charge is 2.52. The van der Waals surface area contributed by atoms with Gasteiger partial charge in [0.15, 0.2) is 0 Å². The number of hydrogen-bond donors (Lipinski definition) is 3. The summed E-state index contributed by atoms with van der Waals surface area (Å²) in [6.07, 6.45) is 6.31. The molecule has 0 radical (unpaired) electrons. The Morgan fingerprint density at radius 1 is 0.944 bits per heavy atom. The maximum Gasteiger partial charge on any atom is 0.340 e. The molecule has 0 saturated heterocycles. The normalized spacial score (nSPS) is 25.8. The lowest BCUT2D eigenvalue weighted by Crippen LogP contribution is -2.53. The van der Waals surface area contributed by atoms with E-state index in [0.29, 0.717) is 23.5 Å². The minimum absolute atomic E-state index is 0.0211. The van der Waals surface area contributed by atoms with E-state index in [4.69, 9.17) is 9.47 Å². The van der Waals surface area contributed by atoms with Crippen LogP contribution < -0.4 is 15.5 Å². The van der Waals surface area contributed by atoms with Crippen molar-refractivity contribution in [2.75, 3.05) is 10.8 Å². The Kier molecular flexibility index (Phi) is 6.71. The van der Waals surface area contributed by atoms with Gasteiger partial charge in [-0.15, -0.1) is 0 Å². The molecule has 190 valence electrons. The summed E-state index contributed by atoms with van der Waals surface area (Å²) in [5, 5.41) is 12.7. The van der Waals surface area contributed by atoms with Crippen LogP contribution in [0.1, 0.15) is 67.8 Å². The molecule has 2 aromatic carbocycles. The molecule has 4 aliphatic carbocycles. The van der Waals surface area contributed by atoms with Gasteiger partial charge in [-0.2, -0.15) is 0 Å². The van der Waals surface area contributed by atoms with Crippen LogP contribution in [0.2, 0.25) is 0 Å². The van der Waals surface area contributed by atoms with Crippen molar-refractivity contribution in [1.29, 1.82) is 0 Å². The number of rotatable bonds is 9. The fourth-order valence-electron chi connectivity index (χ4n) is 6.68. The van der Waals surface area contributed by atoms with Gasteiger partial charge in [-0.1, -0.05) is 30.3 Å². The monoisotopic (exact) mass is 492 g/mol. The predicted molar refractivity (Wildman–Crippen MR) is 133 cm³/mol. The van der Waals surface area contributed by atoms with Crippen LogP contribution in [0.5, 0.6) is 5.75 Å². The molecule has 4 aliphatic rings. The van der Waals surface area contributed by atoms with Gasteiger partial charge in [0.25, 0.3) is 0 Å². The number of carbonyl (C=O) groups excluding carboxylic acids is 3. The topological polar surface area (TPSA) is 114 Å². The van der Waals surface area contributed by atoms with Crippen LogP contribution in [-0.2, 0) is 20.9 Å². The fraction of sp³-hybridized carbons (Fsp3) is 0.464. The maximum atomic E-state index is 13.0. The van der Waals surface area contributed by atoms with E-state index in [1.807, 2.05) is 30.3 Å². The summed E-state index contributed by atoms with van der Waals surface area (Å²) in [7, 11) is 0. The molecule has 4 saturated carbocycles. The third kappa shape index (κ3) is 5.09. The maximum absolute atomic E-state index is 13.0. The third-order valence-corrected chi connectivity index (χ3v) is 7.69. The molecule has 0 spiro atoms. The van der Waals surface area contributed by atoms with Crippen LogP contribution in [-0.4, -0.2) is 28.5 Å². The van der Waals surface area contributed by atoms with Crippen molar-refractivity contribution in [3.05, 3.63) is 53.6 Å². The van der Waals surface area contributed by atoms with Gasteiger partial charge in [-0.3, -0.25) is 20.3 Å². The summed E-state index contributed by atoms with van der Waals surface area (Å²) < 4.78 is 12.1. The first-order valence-corrected chi connectivity index (χ1v) is 12.6. The van der Waals surface area contributed by atoms with Crippen molar-refractivity contribution in [2.24, 2.45) is 17.8 Å². The highest BCUT2D eigenvalue weighted by Crippen LogP contribution is 2.57. The molecule has 1 amide bonds. The SMILES string of the molecule is CC(=O)CC(=O)Nc1c(OC23CC4CC(CC(C4)C2)C3)ccc(C(=O)OCc2ccccc2)c1NO. The molecule has 0 aliphatic heterocycles. The molecule has 3 N–H and O–H groups in total. The molecule has 2 aromatic rings. The fourth-order valence-corrected chi connectivity index (χ4v) is 6.68.